The van der Waals surface area contributed by atoms with Crippen molar-refractivity contribution in [2.75, 3.05) is 12.8 Å². The van der Waals surface area contributed by atoms with Crippen LogP contribution in [0.5, 0.6) is 0 Å². The van der Waals surface area contributed by atoms with Crippen LogP contribution in [0.4, 0.5) is 4.79 Å². The van der Waals surface area contributed by atoms with Crippen LogP contribution in [0.3, 0.4) is 0 Å². The van der Waals surface area contributed by atoms with Gasteiger partial charge in [0.2, 0.25) is 5.91 Å². The Morgan fingerprint density at radius 3 is 2.84 bits per heavy atom. The summed E-state index contributed by atoms with van der Waals surface area (Å²) in [6, 6.07) is 5.40. The average Bonchev–Trinajstić information content (AvgIpc) is 3.11. The molecular formula is C23H26N4O3S2. The molecule has 0 bridgehead atoms. The summed E-state index contributed by atoms with van der Waals surface area (Å²) in [5, 5.41) is 5.77. The number of benzene rings is 1. The molecule has 7 nitrogen and oxygen atoms in total. The summed E-state index contributed by atoms with van der Waals surface area (Å²) in [5.74, 6) is 0.118. The van der Waals surface area contributed by atoms with Crippen molar-refractivity contribution in [2.45, 2.75) is 45.2 Å². The first kappa shape index (κ1) is 22.5. The highest BCUT2D eigenvalue weighted by Crippen LogP contribution is 2.37. The quantitative estimate of drug-likeness (QED) is 0.448. The van der Waals surface area contributed by atoms with Gasteiger partial charge in [-0.25, -0.2) is 9.78 Å². The van der Waals surface area contributed by atoms with Crippen molar-refractivity contribution >= 4 is 45.3 Å². The highest BCUT2D eigenvalue weighted by atomic mass is 32.2. The van der Waals surface area contributed by atoms with Gasteiger partial charge in [0.05, 0.1) is 16.8 Å². The molecule has 0 saturated heterocycles. The molecule has 0 aliphatic heterocycles. The lowest BCUT2D eigenvalue weighted by molar-refractivity contribution is -0.117. The molecule has 2 aromatic heterocycles. The van der Waals surface area contributed by atoms with Gasteiger partial charge in [0.15, 0.2) is 5.16 Å². The molecular weight excluding hydrogens is 444 g/mol. The molecule has 1 aliphatic carbocycles. The second kappa shape index (κ2) is 9.07. The number of rotatable bonds is 4. The summed E-state index contributed by atoms with van der Waals surface area (Å²) in [7, 11) is 1.45. The van der Waals surface area contributed by atoms with Gasteiger partial charge in [0, 0.05) is 11.9 Å². The number of carbonyl (C=O) groups is 2. The van der Waals surface area contributed by atoms with E-state index in [-0.39, 0.29) is 11.3 Å². The van der Waals surface area contributed by atoms with Gasteiger partial charge in [-0.1, -0.05) is 30.8 Å². The molecule has 1 unspecified atom stereocenters. The summed E-state index contributed by atoms with van der Waals surface area (Å²) in [4.78, 5) is 44.3. The van der Waals surface area contributed by atoms with Crippen LogP contribution in [-0.2, 0) is 17.6 Å². The number of imide groups is 1. The van der Waals surface area contributed by atoms with Crippen LogP contribution in [0.1, 0.15) is 34.9 Å². The fourth-order valence-electron chi connectivity index (χ4n) is 4.00. The molecule has 2 heterocycles. The summed E-state index contributed by atoms with van der Waals surface area (Å²) in [5.41, 5.74) is 3.79. The molecule has 168 valence electrons. The molecule has 3 aromatic rings. The maximum Gasteiger partial charge on any atom is 0.321 e. The van der Waals surface area contributed by atoms with E-state index in [0.29, 0.717) is 16.5 Å². The summed E-state index contributed by atoms with van der Waals surface area (Å²) < 4.78 is 1.63. The molecule has 0 saturated carbocycles. The SMILES string of the molecule is CNC(=O)NC(=O)CSc1nc2sc3c(c2c(=O)n1-c1cc(C)ccc1C)CCC(C)C3. The van der Waals surface area contributed by atoms with E-state index < -0.39 is 11.9 Å². The number of amides is 3. The van der Waals surface area contributed by atoms with Crippen LogP contribution in [0.2, 0.25) is 0 Å². The zero-order chi connectivity index (χ0) is 23.0. The molecule has 1 atom stereocenters. The van der Waals surface area contributed by atoms with Gasteiger partial charge in [0.25, 0.3) is 5.56 Å². The summed E-state index contributed by atoms with van der Waals surface area (Å²) in [6.45, 7) is 6.18. The van der Waals surface area contributed by atoms with Gasteiger partial charge in [-0.05, 0) is 61.8 Å². The van der Waals surface area contributed by atoms with E-state index in [1.54, 1.807) is 15.9 Å². The molecule has 1 aromatic carbocycles. The number of nitrogens with zero attached hydrogens (tertiary/aromatic N) is 2. The first-order valence-corrected chi connectivity index (χ1v) is 12.4. The Bertz CT molecular complexity index is 1280. The van der Waals surface area contributed by atoms with E-state index in [9.17, 15) is 14.4 Å². The Kier molecular flexibility index (Phi) is 6.39. The zero-order valence-electron chi connectivity index (χ0n) is 18.6. The van der Waals surface area contributed by atoms with Crippen LogP contribution in [0, 0.1) is 19.8 Å². The lowest BCUT2D eigenvalue weighted by Crippen LogP contribution is -2.38. The van der Waals surface area contributed by atoms with Crippen molar-refractivity contribution in [1.82, 2.24) is 20.2 Å². The van der Waals surface area contributed by atoms with Crippen molar-refractivity contribution < 1.29 is 9.59 Å². The topological polar surface area (TPSA) is 93.1 Å². The number of thiophene rings is 1. The lowest BCUT2D eigenvalue weighted by Gasteiger charge is -2.18. The number of fused-ring (bicyclic) bond motifs is 3. The predicted molar refractivity (Wildman–Crippen MR) is 129 cm³/mol. The largest absolute Gasteiger partial charge is 0.341 e. The molecule has 0 radical (unpaired) electrons. The van der Waals surface area contributed by atoms with Gasteiger partial charge in [0.1, 0.15) is 4.83 Å². The maximum absolute atomic E-state index is 13.8. The number of thioether (sulfide) groups is 1. The number of nitrogens with one attached hydrogen (secondary N) is 2. The second-order valence-electron chi connectivity index (χ2n) is 8.27. The standard InChI is InChI=1S/C23H26N4O3S2/c1-12-5-7-14(3)16(9-12)27-21(29)19-15-8-6-13(2)10-17(15)32-20(19)26-23(27)31-11-18(28)25-22(30)24-4/h5,7,9,13H,6,8,10-11H2,1-4H3,(H2,24,25,28,30). The monoisotopic (exact) mass is 470 g/mol. The van der Waals surface area contributed by atoms with Crippen LogP contribution in [-0.4, -0.2) is 34.3 Å². The fourth-order valence-corrected chi connectivity index (χ4v) is 6.23. The van der Waals surface area contributed by atoms with Crippen molar-refractivity contribution in [3.8, 4) is 5.69 Å². The third-order valence-corrected chi connectivity index (χ3v) is 7.80. The normalized spacial score (nSPS) is 15.4. The number of carbonyl (C=O) groups excluding carboxylic acids is 2. The van der Waals surface area contributed by atoms with Crippen molar-refractivity contribution in [3.63, 3.8) is 0 Å². The highest BCUT2D eigenvalue weighted by molar-refractivity contribution is 7.99. The molecule has 9 heteroatoms. The van der Waals surface area contributed by atoms with Crippen molar-refractivity contribution in [2.24, 2.45) is 5.92 Å². The Hall–Kier alpha value is -2.65. The predicted octanol–water partition coefficient (Wildman–Crippen LogP) is 3.74. The van der Waals surface area contributed by atoms with Crippen LogP contribution >= 0.6 is 23.1 Å². The molecule has 3 amide bonds. The smallest absolute Gasteiger partial charge is 0.321 e. The van der Waals surface area contributed by atoms with Crippen LogP contribution in [0.25, 0.3) is 15.9 Å². The number of aryl methyl sites for hydroxylation is 3. The van der Waals surface area contributed by atoms with E-state index in [1.165, 1.54) is 11.9 Å². The number of hydrogen-bond acceptors (Lipinski definition) is 6. The minimum absolute atomic E-state index is 0.0294. The van der Waals surface area contributed by atoms with Gasteiger partial charge in [-0.3, -0.25) is 19.5 Å². The molecule has 0 fully saturated rings. The van der Waals surface area contributed by atoms with Crippen molar-refractivity contribution in [1.29, 1.82) is 0 Å². The van der Waals surface area contributed by atoms with E-state index in [0.717, 1.165) is 58.2 Å². The van der Waals surface area contributed by atoms with Gasteiger partial charge >= 0.3 is 6.03 Å². The number of hydrogen-bond donors (Lipinski definition) is 2. The van der Waals surface area contributed by atoms with Crippen LogP contribution < -0.4 is 16.2 Å². The van der Waals surface area contributed by atoms with E-state index >= 15 is 0 Å². The first-order chi connectivity index (χ1) is 15.3. The van der Waals surface area contributed by atoms with E-state index in [1.807, 2.05) is 32.0 Å². The molecule has 1 aliphatic rings. The highest BCUT2D eigenvalue weighted by Gasteiger charge is 2.26. The molecule has 4 rings (SSSR count). The van der Waals surface area contributed by atoms with Gasteiger partial charge in [-0.15, -0.1) is 11.3 Å². The first-order valence-electron chi connectivity index (χ1n) is 10.6. The van der Waals surface area contributed by atoms with Gasteiger partial charge < -0.3 is 5.32 Å². The minimum atomic E-state index is -0.564. The summed E-state index contributed by atoms with van der Waals surface area (Å²) in [6.07, 6.45) is 2.93. The Balaban J connectivity index is 1.85. The number of aromatic nitrogens is 2. The maximum atomic E-state index is 13.8. The van der Waals surface area contributed by atoms with Gasteiger partial charge in [-0.2, -0.15) is 0 Å². The van der Waals surface area contributed by atoms with Crippen molar-refractivity contribution in [3.05, 3.63) is 50.1 Å². The Labute approximate surface area is 194 Å². The van der Waals surface area contributed by atoms with E-state index in [4.69, 9.17) is 4.98 Å². The Morgan fingerprint density at radius 2 is 2.09 bits per heavy atom. The Morgan fingerprint density at radius 1 is 1.31 bits per heavy atom. The minimum Gasteiger partial charge on any atom is -0.341 e. The summed E-state index contributed by atoms with van der Waals surface area (Å²) >= 11 is 2.75. The van der Waals surface area contributed by atoms with Crippen LogP contribution in [0.15, 0.2) is 28.2 Å². The fraction of sp³-hybridized carbons (Fsp3) is 0.391. The second-order valence-corrected chi connectivity index (χ2v) is 10.3. The number of urea groups is 1. The van der Waals surface area contributed by atoms with E-state index in [2.05, 4.69) is 17.6 Å². The molecule has 2 N–H and O–H groups in total. The molecule has 0 spiro atoms. The third kappa shape index (κ3) is 4.31. The zero-order valence-corrected chi connectivity index (χ0v) is 20.2. The third-order valence-electron chi connectivity index (χ3n) is 5.72. The lowest BCUT2D eigenvalue weighted by atomic mass is 9.89. The average molecular weight is 471 g/mol. The molecule has 32 heavy (non-hydrogen) atoms.